The predicted octanol–water partition coefficient (Wildman–Crippen LogP) is 2.65. The van der Waals surface area contributed by atoms with E-state index in [1.54, 1.807) is 13.1 Å². The summed E-state index contributed by atoms with van der Waals surface area (Å²) in [6.45, 7) is 0. The molecule has 26 heavy (non-hydrogen) atoms. The van der Waals surface area contributed by atoms with Crippen LogP contribution in [0.25, 0.3) is 0 Å². The van der Waals surface area contributed by atoms with Gasteiger partial charge in [-0.05, 0) is 29.5 Å². The molecule has 0 amide bonds. The molecule has 0 aliphatic carbocycles. The third-order valence-electron chi connectivity index (χ3n) is 3.24. The normalized spacial score (nSPS) is 14.7. The number of halogens is 3. The van der Waals surface area contributed by atoms with Gasteiger partial charge in [-0.15, -0.1) is 0 Å². The van der Waals surface area contributed by atoms with E-state index < -0.39 is 11.7 Å². The van der Waals surface area contributed by atoms with Gasteiger partial charge in [0.25, 0.3) is 0 Å². The van der Waals surface area contributed by atoms with Crippen LogP contribution in [0.5, 0.6) is 0 Å². The highest BCUT2D eigenvalue weighted by Crippen LogP contribution is 2.34. The molecule has 6 N–H and O–H groups in total. The third-order valence-corrected chi connectivity index (χ3v) is 5.32. The fourth-order valence-corrected chi connectivity index (χ4v) is 4.05. The van der Waals surface area contributed by atoms with Crippen molar-refractivity contribution >= 4 is 27.9 Å². The summed E-state index contributed by atoms with van der Waals surface area (Å²) in [6.07, 6.45) is -3.01. The maximum atomic E-state index is 12.7. The quantitative estimate of drug-likeness (QED) is 0.714. The highest BCUT2D eigenvalue weighted by Gasteiger charge is 2.31. The molecule has 1 aromatic rings. The Bertz CT molecular complexity index is 835. The van der Waals surface area contributed by atoms with E-state index in [4.69, 9.17) is 22.5 Å². The molecule has 0 unspecified atom stereocenters. The van der Waals surface area contributed by atoms with Crippen LogP contribution < -0.4 is 17.2 Å². The van der Waals surface area contributed by atoms with Gasteiger partial charge in [-0.25, -0.2) is 0 Å². The molecule has 0 radical (unpaired) electrons. The molecule has 2 rings (SSSR count). The second-order valence-corrected chi connectivity index (χ2v) is 7.41. The molecule has 1 aliphatic rings. The van der Waals surface area contributed by atoms with E-state index in [2.05, 4.69) is 5.10 Å². The molecule has 0 bridgehead atoms. The zero-order chi connectivity index (χ0) is 19.5. The molecule has 6 nitrogen and oxygen atoms in total. The summed E-state index contributed by atoms with van der Waals surface area (Å²) in [4.78, 5) is 0. The Labute approximate surface area is 156 Å². The Morgan fingerprint density at radius 2 is 2.12 bits per heavy atom. The van der Waals surface area contributed by atoms with Gasteiger partial charge in [-0.1, -0.05) is 17.8 Å². The second kappa shape index (κ2) is 7.84. The van der Waals surface area contributed by atoms with Crippen molar-refractivity contribution in [3.63, 3.8) is 0 Å². The van der Waals surface area contributed by atoms with Crippen molar-refractivity contribution in [2.75, 3.05) is 7.05 Å². The number of hydrogen-bond acceptors (Lipinski definition) is 8. The number of likely N-dealkylation sites (N-methyl/N-ethyl adjacent to an activating group) is 1. The zero-order valence-corrected chi connectivity index (χ0v) is 15.2. The minimum absolute atomic E-state index is 0.0230. The molecule has 0 fully saturated rings. The van der Waals surface area contributed by atoms with E-state index in [-0.39, 0.29) is 17.1 Å². The van der Waals surface area contributed by atoms with Gasteiger partial charge in [-0.3, -0.25) is 5.01 Å². The van der Waals surface area contributed by atoms with Crippen LogP contribution in [0.2, 0.25) is 0 Å². The molecule has 0 spiro atoms. The highest BCUT2D eigenvalue weighted by molar-refractivity contribution is 8.40. The van der Waals surface area contributed by atoms with Crippen LogP contribution in [0, 0.1) is 11.3 Å². The van der Waals surface area contributed by atoms with E-state index >= 15 is 0 Å². The fourth-order valence-electron chi connectivity index (χ4n) is 2.01. The second-order valence-electron chi connectivity index (χ2n) is 5.16. The standard InChI is InChI=1S/C15H15F3N6S2/c1-24-11(5-12(20)21)13(22)26-14(23-24)25-7-8-2-3-10(15(16,17)18)4-9(8)6-19/h2-5H,7,20-22H2,1H3. The van der Waals surface area contributed by atoms with Gasteiger partial charge in [0, 0.05) is 18.9 Å². The monoisotopic (exact) mass is 400 g/mol. The number of hydrogen-bond donors (Lipinski definition) is 3. The summed E-state index contributed by atoms with van der Waals surface area (Å²) < 4.78 is 38.8. The summed E-state index contributed by atoms with van der Waals surface area (Å²) in [5.41, 5.74) is 17.0. The molecule has 0 saturated carbocycles. The molecule has 11 heteroatoms. The number of thioether (sulfide) groups is 2. The Kier molecular flexibility index (Phi) is 5.99. The number of hydrazone groups is 1. The average Bonchev–Trinajstić information content (AvgIpc) is 2.55. The maximum Gasteiger partial charge on any atom is 0.416 e. The molecule has 1 aliphatic heterocycles. The predicted molar refractivity (Wildman–Crippen MR) is 97.9 cm³/mol. The lowest BCUT2D eigenvalue weighted by Gasteiger charge is -2.23. The molecule has 0 aromatic heterocycles. The van der Waals surface area contributed by atoms with Crippen LogP contribution >= 0.6 is 23.5 Å². The largest absolute Gasteiger partial charge is 0.416 e. The van der Waals surface area contributed by atoms with Crippen molar-refractivity contribution in [3.8, 4) is 6.07 Å². The highest BCUT2D eigenvalue weighted by atomic mass is 32.2. The van der Waals surface area contributed by atoms with Gasteiger partial charge >= 0.3 is 6.18 Å². The Morgan fingerprint density at radius 1 is 1.42 bits per heavy atom. The van der Waals surface area contributed by atoms with Crippen LogP contribution in [-0.4, -0.2) is 16.4 Å². The summed E-state index contributed by atoms with van der Waals surface area (Å²) in [5.74, 6) is 0.364. The summed E-state index contributed by atoms with van der Waals surface area (Å²) in [6, 6.07) is 4.91. The van der Waals surface area contributed by atoms with E-state index in [1.807, 2.05) is 0 Å². The van der Waals surface area contributed by atoms with E-state index in [1.165, 1.54) is 40.7 Å². The Morgan fingerprint density at radius 3 is 2.65 bits per heavy atom. The third kappa shape index (κ3) is 4.80. The van der Waals surface area contributed by atoms with Crippen LogP contribution in [0.4, 0.5) is 13.2 Å². The van der Waals surface area contributed by atoms with Crippen LogP contribution in [0.3, 0.4) is 0 Å². The van der Waals surface area contributed by atoms with Crippen molar-refractivity contribution in [2.45, 2.75) is 11.9 Å². The van der Waals surface area contributed by atoms with Crippen LogP contribution in [-0.2, 0) is 11.9 Å². The first-order valence-corrected chi connectivity index (χ1v) is 8.87. The molecular formula is C15H15F3N6S2. The van der Waals surface area contributed by atoms with Gasteiger partial charge in [0.15, 0.2) is 4.38 Å². The average molecular weight is 400 g/mol. The first-order valence-electron chi connectivity index (χ1n) is 7.07. The lowest BCUT2D eigenvalue weighted by molar-refractivity contribution is -0.137. The zero-order valence-electron chi connectivity index (χ0n) is 13.5. The number of allylic oxidation sites excluding steroid dienone is 1. The first kappa shape index (κ1) is 19.9. The van der Waals surface area contributed by atoms with Gasteiger partial charge in [0.2, 0.25) is 0 Å². The maximum absolute atomic E-state index is 12.7. The Balaban J connectivity index is 2.13. The van der Waals surface area contributed by atoms with Crippen LogP contribution in [0.15, 0.2) is 45.9 Å². The first-order chi connectivity index (χ1) is 12.1. The van der Waals surface area contributed by atoms with Crippen molar-refractivity contribution in [1.82, 2.24) is 5.01 Å². The Hall–Kier alpha value is -2.45. The minimum Gasteiger partial charge on any atom is -0.391 e. The van der Waals surface area contributed by atoms with Crippen molar-refractivity contribution in [3.05, 3.63) is 57.5 Å². The van der Waals surface area contributed by atoms with Gasteiger partial charge in [0.1, 0.15) is 0 Å². The number of nitrogens with two attached hydrogens (primary N) is 3. The van der Waals surface area contributed by atoms with Crippen LogP contribution in [0.1, 0.15) is 16.7 Å². The van der Waals surface area contributed by atoms with Gasteiger partial charge in [-0.2, -0.15) is 23.5 Å². The van der Waals surface area contributed by atoms with Gasteiger partial charge in [0.05, 0.1) is 33.7 Å². The summed E-state index contributed by atoms with van der Waals surface area (Å²) in [7, 11) is 1.67. The molecule has 0 atom stereocenters. The molecular weight excluding hydrogens is 385 g/mol. The van der Waals surface area contributed by atoms with Gasteiger partial charge < -0.3 is 17.2 Å². The summed E-state index contributed by atoms with van der Waals surface area (Å²) in [5, 5.41) is 15.4. The number of benzene rings is 1. The fraction of sp³-hybridized carbons (Fsp3) is 0.200. The summed E-state index contributed by atoms with van der Waals surface area (Å²) >= 11 is 2.45. The van der Waals surface area contributed by atoms with E-state index in [0.717, 1.165) is 12.1 Å². The number of nitrogens with zero attached hydrogens (tertiary/aromatic N) is 3. The van der Waals surface area contributed by atoms with Crippen molar-refractivity contribution in [2.24, 2.45) is 22.3 Å². The SMILES string of the molecule is CN1N=C(SCc2ccc(C(F)(F)F)cc2C#N)SC(N)=C1C=C(N)N. The minimum atomic E-state index is -4.49. The van der Waals surface area contributed by atoms with Crippen molar-refractivity contribution in [1.29, 1.82) is 5.26 Å². The molecule has 1 heterocycles. The topological polar surface area (TPSA) is 117 Å². The number of nitriles is 1. The number of alkyl halides is 3. The molecule has 138 valence electrons. The smallest absolute Gasteiger partial charge is 0.391 e. The number of rotatable bonds is 3. The van der Waals surface area contributed by atoms with E-state index in [9.17, 15) is 13.2 Å². The van der Waals surface area contributed by atoms with E-state index in [0.29, 0.717) is 20.7 Å². The molecule has 0 saturated heterocycles. The molecule has 1 aromatic carbocycles. The lowest BCUT2D eigenvalue weighted by Crippen LogP contribution is -2.22. The lowest BCUT2D eigenvalue weighted by atomic mass is 10.1. The van der Waals surface area contributed by atoms with Crippen molar-refractivity contribution < 1.29 is 13.2 Å².